The van der Waals surface area contributed by atoms with Gasteiger partial charge in [-0.05, 0) is 5.92 Å². The number of nitrogens with zero attached hydrogens (tertiary/aromatic N) is 4. The molecule has 2 saturated heterocycles. The number of hydrogen-bond acceptors (Lipinski definition) is 6. The van der Waals surface area contributed by atoms with Crippen molar-refractivity contribution in [3.63, 3.8) is 0 Å². The van der Waals surface area contributed by atoms with Gasteiger partial charge in [0.25, 0.3) is 5.91 Å². The fraction of sp³-hybridized carbons (Fsp3) is 0.684. The first-order valence-electron chi connectivity index (χ1n) is 9.60. The maximum Gasteiger partial charge on any atom is 0.274 e. The third-order valence-corrected chi connectivity index (χ3v) is 4.94. The van der Waals surface area contributed by atoms with Crippen molar-refractivity contribution in [2.75, 3.05) is 39.4 Å². The van der Waals surface area contributed by atoms with Gasteiger partial charge in [0.2, 0.25) is 5.91 Å². The standard InChI is InChI=1S/C19H28N4O4/c1-15(2)14-23(18(25)16-13-20-6-7-21-16)8-3-17(24)22-9-4-19(5-10-22)26-11-12-27-19/h6-7,13,15H,3-5,8-12,14H2,1-2H3. The number of carbonyl (C=O) groups is 2. The van der Waals surface area contributed by atoms with Crippen LogP contribution in [0.2, 0.25) is 0 Å². The lowest BCUT2D eigenvalue weighted by molar-refractivity contribution is -0.187. The van der Waals surface area contributed by atoms with Gasteiger partial charge in [-0.1, -0.05) is 13.8 Å². The predicted octanol–water partition coefficient (Wildman–Crippen LogP) is 1.33. The van der Waals surface area contributed by atoms with E-state index < -0.39 is 5.79 Å². The Morgan fingerprint density at radius 2 is 1.93 bits per heavy atom. The summed E-state index contributed by atoms with van der Waals surface area (Å²) in [6.07, 6.45) is 6.20. The van der Waals surface area contributed by atoms with E-state index in [1.165, 1.54) is 18.6 Å². The zero-order valence-corrected chi connectivity index (χ0v) is 16.1. The molecule has 1 spiro atoms. The van der Waals surface area contributed by atoms with Crippen LogP contribution in [-0.2, 0) is 14.3 Å². The molecule has 0 aromatic carbocycles. The summed E-state index contributed by atoms with van der Waals surface area (Å²) in [5.41, 5.74) is 0.307. The van der Waals surface area contributed by atoms with Crippen molar-refractivity contribution in [2.24, 2.45) is 5.92 Å². The second-order valence-electron chi connectivity index (χ2n) is 7.47. The molecule has 0 aliphatic carbocycles. The van der Waals surface area contributed by atoms with Crippen molar-refractivity contribution in [3.8, 4) is 0 Å². The minimum Gasteiger partial charge on any atom is -0.347 e. The van der Waals surface area contributed by atoms with E-state index in [1.807, 2.05) is 18.7 Å². The fourth-order valence-corrected chi connectivity index (χ4v) is 3.56. The van der Waals surface area contributed by atoms with Gasteiger partial charge < -0.3 is 19.3 Å². The van der Waals surface area contributed by atoms with Crippen molar-refractivity contribution < 1.29 is 19.1 Å². The molecule has 2 aliphatic rings. The molecule has 8 nitrogen and oxygen atoms in total. The highest BCUT2D eigenvalue weighted by Gasteiger charge is 2.40. The summed E-state index contributed by atoms with van der Waals surface area (Å²) in [5, 5.41) is 0. The van der Waals surface area contributed by atoms with Crippen LogP contribution in [0, 0.1) is 5.92 Å². The van der Waals surface area contributed by atoms with Crippen molar-refractivity contribution in [1.29, 1.82) is 0 Å². The Morgan fingerprint density at radius 3 is 2.52 bits per heavy atom. The van der Waals surface area contributed by atoms with E-state index in [1.54, 1.807) is 4.90 Å². The Bertz CT molecular complexity index is 636. The summed E-state index contributed by atoms with van der Waals surface area (Å²) in [5.74, 6) is -0.312. The molecule has 2 amide bonds. The smallest absolute Gasteiger partial charge is 0.274 e. The Balaban J connectivity index is 1.53. The van der Waals surface area contributed by atoms with Gasteiger partial charge in [0.05, 0.1) is 19.4 Å². The van der Waals surface area contributed by atoms with Crippen LogP contribution in [0.1, 0.15) is 43.6 Å². The average Bonchev–Trinajstić information content (AvgIpc) is 3.13. The molecule has 0 radical (unpaired) electrons. The third-order valence-electron chi connectivity index (χ3n) is 4.94. The van der Waals surface area contributed by atoms with Gasteiger partial charge in [-0.2, -0.15) is 0 Å². The minimum atomic E-state index is -0.484. The zero-order chi connectivity index (χ0) is 19.3. The lowest BCUT2D eigenvalue weighted by Crippen LogP contribution is -2.48. The Hall–Kier alpha value is -2.06. The normalized spacial score (nSPS) is 18.9. The molecule has 0 N–H and O–H groups in total. The minimum absolute atomic E-state index is 0.0588. The third kappa shape index (κ3) is 5.01. The summed E-state index contributed by atoms with van der Waals surface area (Å²) in [4.78, 5) is 36.9. The monoisotopic (exact) mass is 376 g/mol. The van der Waals surface area contributed by atoms with Crippen molar-refractivity contribution in [3.05, 3.63) is 24.3 Å². The van der Waals surface area contributed by atoms with Gasteiger partial charge in [0, 0.05) is 57.8 Å². The van der Waals surface area contributed by atoms with E-state index in [2.05, 4.69) is 9.97 Å². The maximum atomic E-state index is 12.7. The Labute approximate surface area is 159 Å². The summed E-state index contributed by atoms with van der Waals surface area (Å²) in [6, 6.07) is 0. The van der Waals surface area contributed by atoms with Gasteiger partial charge >= 0.3 is 0 Å². The summed E-state index contributed by atoms with van der Waals surface area (Å²) < 4.78 is 11.4. The van der Waals surface area contributed by atoms with Crippen molar-refractivity contribution in [2.45, 2.75) is 38.9 Å². The Kier molecular flexibility index (Phi) is 6.38. The quantitative estimate of drug-likeness (QED) is 0.745. The first-order chi connectivity index (χ1) is 13.0. The van der Waals surface area contributed by atoms with Gasteiger partial charge in [-0.25, -0.2) is 4.98 Å². The molecule has 3 heterocycles. The molecule has 148 valence electrons. The molecule has 2 aliphatic heterocycles. The highest BCUT2D eigenvalue weighted by Crippen LogP contribution is 2.31. The number of hydrogen-bond donors (Lipinski definition) is 0. The number of piperidine rings is 1. The summed E-state index contributed by atoms with van der Waals surface area (Å²) in [6.45, 7) is 7.55. The molecular weight excluding hydrogens is 348 g/mol. The van der Waals surface area contributed by atoms with E-state index in [4.69, 9.17) is 9.47 Å². The summed E-state index contributed by atoms with van der Waals surface area (Å²) >= 11 is 0. The molecule has 3 rings (SSSR count). The molecule has 0 unspecified atom stereocenters. The first kappa shape index (κ1) is 19.7. The van der Waals surface area contributed by atoms with Crippen LogP contribution in [0.3, 0.4) is 0 Å². The predicted molar refractivity (Wildman–Crippen MR) is 97.8 cm³/mol. The summed E-state index contributed by atoms with van der Waals surface area (Å²) in [7, 11) is 0. The van der Waals surface area contributed by atoms with Crippen LogP contribution in [0.25, 0.3) is 0 Å². The van der Waals surface area contributed by atoms with E-state index in [0.29, 0.717) is 70.3 Å². The SMILES string of the molecule is CC(C)CN(CCC(=O)N1CCC2(CC1)OCCO2)C(=O)c1cnccn1. The molecule has 2 fully saturated rings. The van der Waals surface area contributed by atoms with Crippen LogP contribution >= 0.6 is 0 Å². The lowest BCUT2D eigenvalue weighted by Gasteiger charge is -2.37. The highest BCUT2D eigenvalue weighted by atomic mass is 16.7. The van der Waals surface area contributed by atoms with Crippen LogP contribution in [0.4, 0.5) is 0 Å². The topological polar surface area (TPSA) is 84.9 Å². The largest absolute Gasteiger partial charge is 0.347 e. The molecule has 0 bridgehead atoms. The van der Waals surface area contributed by atoms with E-state index in [0.717, 1.165) is 0 Å². The molecular formula is C19H28N4O4. The van der Waals surface area contributed by atoms with Crippen molar-refractivity contribution in [1.82, 2.24) is 19.8 Å². The first-order valence-corrected chi connectivity index (χ1v) is 9.60. The van der Waals surface area contributed by atoms with Crippen LogP contribution < -0.4 is 0 Å². The second-order valence-corrected chi connectivity index (χ2v) is 7.47. The number of rotatable bonds is 6. The lowest BCUT2D eigenvalue weighted by atomic mass is 10.0. The molecule has 1 aromatic heterocycles. The average molecular weight is 376 g/mol. The number of amides is 2. The Morgan fingerprint density at radius 1 is 1.22 bits per heavy atom. The van der Waals surface area contributed by atoms with Crippen LogP contribution in [0.15, 0.2) is 18.6 Å². The van der Waals surface area contributed by atoms with Crippen LogP contribution in [0.5, 0.6) is 0 Å². The molecule has 1 aromatic rings. The van der Waals surface area contributed by atoms with E-state index >= 15 is 0 Å². The van der Waals surface area contributed by atoms with Crippen molar-refractivity contribution >= 4 is 11.8 Å². The fourth-order valence-electron chi connectivity index (χ4n) is 3.56. The second kappa shape index (κ2) is 8.75. The molecule has 0 saturated carbocycles. The number of carbonyl (C=O) groups excluding carboxylic acids is 2. The molecule has 0 atom stereocenters. The number of likely N-dealkylation sites (tertiary alicyclic amines) is 1. The highest BCUT2D eigenvalue weighted by molar-refractivity contribution is 5.92. The van der Waals surface area contributed by atoms with Gasteiger partial charge in [0.15, 0.2) is 5.79 Å². The van der Waals surface area contributed by atoms with E-state index in [-0.39, 0.29) is 11.8 Å². The van der Waals surface area contributed by atoms with Gasteiger partial charge in [0.1, 0.15) is 5.69 Å². The molecule has 8 heteroatoms. The van der Waals surface area contributed by atoms with Gasteiger partial charge in [-0.15, -0.1) is 0 Å². The zero-order valence-electron chi connectivity index (χ0n) is 16.1. The van der Waals surface area contributed by atoms with Crippen LogP contribution in [-0.4, -0.2) is 76.8 Å². The maximum absolute atomic E-state index is 12.7. The molecule has 27 heavy (non-hydrogen) atoms. The number of aromatic nitrogens is 2. The van der Waals surface area contributed by atoms with E-state index in [9.17, 15) is 9.59 Å². The number of ether oxygens (including phenoxy) is 2. The van der Waals surface area contributed by atoms with Gasteiger partial charge in [-0.3, -0.25) is 14.6 Å².